The molecule has 0 saturated carbocycles. The number of amides is 2. The summed E-state index contributed by atoms with van der Waals surface area (Å²) < 4.78 is 31.6. The molecule has 1 aromatic rings. The lowest BCUT2D eigenvalue weighted by molar-refractivity contribution is 0.113. The van der Waals surface area contributed by atoms with Gasteiger partial charge in [0.25, 0.3) is 0 Å². The molecule has 1 N–H and O–H groups in total. The fourth-order valence-corrected chi connectivity index (χ4v) is 2.73. The summed E-state index contributed by atoms with van der Waals surface area (Å²) in [6.45, 7) is 7.01. The van der Waals surface area contributed by atoms with Gasteiger partial charge in [0.15, 0.2) is 11.6 Å². The van der Waals surface area contributed by atoms with Gasteiger partial charge >= 0.3 is 6.03 Å². The van der Waals surface area contributed by atoms with E-state index in [1.165, 1.54) is 6.07 Å². The van der Waals surface area contributed by atoms with E-state index in [1.54, 1.807) is 11.0 Å². The average Bonchev–Trinajstić information content (AvgIpc) is 3.01. The van der Waals surface area contributed by atoms with E-state index in [0.29, 0.717) is 37.8 Å². The number of rotatable bonds is 6. The second kappa shape index (κ2) is 8.24. The number of carbonyl (C=O) groups is 1. The highest BCUT2D eigenvalue weighted by atomic mass is 19.2. The first-order chi connectivity index (χ1) is 11.0. The zero-order valence-electron chi connectivity index (χ0n) is 13.6. The Kier molecular flexibility index (Phi) is 6.33. The maximum Gasteiger partial charge on any atom is 0.317 e. The molecule has 2 rings (SSSR count). The van der Waals surface area contributed by atoms with E-state index in [-0.39, 0.29) is 11.9 Å². The summed E-state index contributed by atoms with van der Waals surface area (Å²) in [6, 6.07) is 3.73. The molecule has 0 unspecified atom stereocenters. The number of halogens is 2. The maximum absolute atomic E-state index is 13.2. The zero-order valence-corrected chi connectivity index (χ0v) is 13.6. The molecule has 2 atom stereocenters. The van der Waals surface area contributed by atoms with E-state index in [0.717, 1.165) is 19.0 Å². The van der Waals surface area contributed by atoms with Crippen LogP contribution < -0.4 is 5.32 Å². The Hall–Kier alpha value is -1.69. The molecular weight excluding hydrogens is 302 g/mol. The molecule has 128 valence electrons. The van der Waals surface area contributed by atoms with Crippen molar-refractivity contribution in [1.29, 1.82) is 0 Å². The molecule has 0 spiro atoms. The molecule has 1 saturated heterocycles. The number of urea groups is 1. The summed E-state index contributed by atoms with van der Waals surface area (Å²) >= 11 is 0. The monoisotopic (exact) mass is 326 g/mol. The molecule has 0 aromatic heterocycles. The highest BCUT2D eigenvalue weighted by Crippen LogP contribution is 2.19. The van der Waals surface area contributed by atoms with Crippen molar-refractivity contribution >= 4 is 6.03 Å². The number of benzene rings is 1. The van der Waals surface area contributed by atoms with E-state index in [9.17, 15) is 13.6 Å². The van der Waals surface area contributed by atoms with Crippen LogP contribution in [-0.4, -0.2) is 43.8 Å². The number of nitrogens with one attached hydrogen (secondary N) is 1. The van der Waals surface area contributed by atoms with Gasteiger partial charge in [-0.05, 0) is 37.0 Å². The second-order valence-corrected chi connectivity index (χ2v) is 6.02. The minimum atomic E-state index is -0.862. The summed E-state index contributed by atoms with van der Waals surface area (Å²) in [4.78, 5) is 13.9. The quantitative estimate of drug-likeness (QED) is 0.872. The summed E-state index contributed by atoms with van der Waals surface area (Å²) in [7, 11) is 0. The SMILES string of the molecule is CCOC[C@H]1CCN(C(=O)NC[C@@H](C)c2ccc(F)c(F)c2)C1. The van der Waals surface area contributed by atoms with Crippen LogP contribution in [-0.2, 0) is 4.74 Å². The van der Waals surface area contributed by atoms with Gasteiger partial charge < -0.3 is 15.0 Å². The minimum absolute atomic E-state index is 0.0872. The highest BCUT2D eigenvalue weighted by molar-refractivity contribution is 5.74. The van der Waals surface area contributed by atoms with Crippen molar-refractivity contribution in [3.05, 3.63) is 35.4 Å². The molecular formula is C17H24F2N2O2. The maximum atomic E-state index is 13.2. The van der Waals surface area contributed by atoms with Crippen molar-refractivity contribution in [1.82, 2.24) is 10.2 Å². The smallest absolute Gasteiger partial charge is 0.317 e. The van der Waals surface area contributed by atoms with Crippen molar-refractivity contribution in [2.24, 2.45) is 5.92 Å². The number of hydrogen-bond donors (Lipinski definition) is 1. The molecule has 4 nitrogen and oxygen atoms in total. The van der Waals surface area contributed by atoms with Gasteiger partial charge in [-0.1, -0.05) is 13.0 Å². The minimum Gasteiger partial charge on any atom is -0.381 e. The Bertz CT molecular complexity index is 539. The largest absolute Gasteiger partial charge is 0.381 e. The van der Waals surface area contributed by atoms with E-state index in [1.807, 2.05) is 13.8 Å². The Morgan fingerprint density at radius 1 is 1.43 bits per heavy atom. The van der Waals surface area contributed by atoms with Crippen molar-refractivity contribution in [2.45, 2.75) is 26.2 Å². The zero-order chi connectivity index (χ0) is 16.8. The molecule has 0 bridgehead atoms. The van der Waals surface area contributed by atoms with E-state index >= 15 is 0 Å². The molecule has 0 aliphatic carbocycles. The molecule has 1 fully saturated rings. The lowest BCUT2D eigenvalue weighted by Crippen LogP contribution is -2.40. The van der Waals surface area contributed by atoms with Crippen LogP contribution >= 0.6 is 0 Å². The van der Waals surface area contributed by atoms with Crippen LogP contribution in [0.3, 0.4) is 0 Å². The third-order valence-corrected chi connectivity index (χ3v) is 4.20. The summed E-state index contributed by atoms with van der Waals surface area (Å²) in [6.07, 6.45) is 0.951. The first kappa shape index (κ1) is 17.7. The lowest BCUT2D eigenvalue weighted by atomic mass is 10.0. The van der Waals surface area contributed by atoms with Gasteiger partial charge in [-0.25, -0.2) is 13.6 Å². The molecule has 1 aromatic carbocycles. The van der Waals surface area contributed by atoms with Gasteiger partial charge in [0, 0.05) is 32.2 Å². The first-order valence-corrected chi connectivity index (χ1v) is 8.06. The highest BCUT2D eigenvalue weighted by Gasteiger charge is 2.26. The van der Waals surface area contributed by atoms with Crippen molar-refractivity contribution < 1.29 is 18.3 Å². The van der Waals surface area contributed by atoms with Crippen LogP contribution in [0.2, 0.25) is 0 Å². The normalized spacial score (nSPS) is 19.0. The number of hydrogen-bond acceptors (Lipinski definition) is 2. The first-order valence-electron chi connectivity index (χ1n) is 8.06. The van der Waals surface area contributed by atoms with E-state index < -0.39 is 11.6 Å². The predicted octanol–water partition coefficient (Wildman–Crippen LogP) is 3.14. The second-order valence-electron chi connectivity index (χ2n) is 6.02. The molecule has 2 amide bonds. The van der Waals surface area contributed by atoms with Gasteiger partial charge in [-0.15, -0.1) is 0 Å². The molecule has 23 heavy (non-hydrogen) atoms. The van der Waals surface area contributed by atoms with Gasteiger partial charge in [0.05, 0.1) is 6.61 Å². The van der Waals surface area contributed by atoms with Gasteiger partial charge in [0.1, 0.15) is 0 Å². The molecule has 6 heteroatoms. The number of carbonyl (C=O) groups excluding carboxylic acids is 1. The topological polar surface area (TPSA) is 41.6 Å². The lowest BCUT2D eigenvalue weighted by Gasteiger charge is -2.19. The summed E-state index contributed by atoms with van der Waals surface area (Å²) in [5.41, 5.74) is 0.667. The van der Waals surface area contributed by atoms with E-state index in [4.69, 9.17) is 4.74 Å². The Labute approximate surface area is 135 Å². The number of ether oxygens (including phenoxy) is 1. The fraction of sp³-hybridized carbons (Fsp3) is 0.588. The summed E-state index contributed by atoms with van der Waals surface area (Å²) in [5.74, 6) is -1.42. The molecule has 1 heterocycles. The molecule has 0 radical (unpaired) electrons. The third-order valence-electron chi connectivity index (χ3n) is 4.20. The van der Waals surface area contributed by atoms with Crippen LogP contribution in [0.15, 0.2) is 18.2 Å². The van der Waals surface area contributed by atoms with Crippen molar-refractivity contribution in [2.75, 3.05) is 32.8 Å². The standard InChI is InChI=1S/C17H24F2N2O2/c1-3-23-11-13-6-7-21(10-13)17(22)20-9-12(2)14-4-5-15(18)16(19)8-14/h4-5,8,12-13H,3,6-7,9-11H2,1-2H3,(H,20,22)/t12-,13+/m1/s1. The van der Waals surface area contributed by atoms with Crippen LogP contribution in [0.4, 0.5) is 13.6 Å². The van der Waals surface area contributed by atoms with Crippen LogP contribution in [0.25, 0.3) is 0 Å². The van der Waals surface area contributed by atoms with Crippen LogP contribution in [0.5, 0.6) is 0 Å². The van der Waals surface area contributed by atoms with Crippen LogP contribution in [0.1, 0.15) is 31.7 Å². The van der Waals surface area contributed by atoms with Crippen LogP contribution in [0, 0.1) is 17.6 Å². The number of likely N-dealkylation sites (tertiary alicyclic amines) is 1. The Balaban J connectivity index is 1.79. The predicted molar refractivity (Wildman–Crippen MR) is 84.3 cm³/mol. The Morgan fingerprint density at radius 3 is 2.91 bits per heavy atom. The van der Waals surface area contributed by atoms with Crippen molar-refractivity contribution in [3.8, 4) is 0 Å². The molecule has 1 aliphatic rings. The van der Waals surface area contributed by atoms with Crippen molar-refractivity contribution in [3.63, 3.8) is 0 Å². The number of nitrogens with zero attached hydrogens (tertiary/aromatic N) is 1. The van der Waals surface area contributed by atoms with Gasteiger partial charge in [-0.3, -0.25) is 0 Å². The fourth-order valence-electron chi connectivity index (χ4n) is 2.73. The van der Waals surface area contributed by atoms with Gasteiger partial charge in [0.2, 0.25) is 0 Å². The van der Waals surface area contributed by atoms with E-state index in [2.05, 4.69) is 5.32 Å². The Morgan fingerprint density at radius 2 is 2.22 bits per heavy atom. The third kappa shape index (κ3) is 4.89. The molecule has 1 aliphatic heterocycles. The van der Waals surface area contributed by atoms with Gasteiger partial charge in [-0.2, -0.15) is 0 Å². The average molecular weight is 326 g/mol. The summed E-state index contributed by atoms with van der Waals surface area (Å²) in [5, 5.41) is 2.86.